The average Bonchev–Trinajstić information content (AvgIpc) is 2.84. The standard InChI is InChI=1S/C12H14N2O5S/c13-10(15)7-19-6-5-14-12(18)9-3-1-8(20-9)2-4-11(16)17/h1-4H,5-7H2,(H2,13,15)(H,14,18)(H,16,17)/b4-2+. The van der Waals surface area contributed by atoms with Crippen molar-refractivity contribution in [2.24, 2.45) is 5.73 Å². The summed E-state index contributed by atoms with van der Waals surface area (Å²) in [5.41, 5.74) is 4.88. The number of primary amides is 1. The monoisotopic (exact) mass is 298 g/mol. The van der Waals surface area contributed by atoms with Crippen LogP contribution < -0.4 is 11.1 Å². The van der Waals surface area contributed by atoms with Crippen LogP contribution in [-0.4, -0.2) is 42.6 Å². The molecule has 7 nitrogen and oxygen atoms in total. The molecule has 0 aliphatic rings. The lowest BCUT2D eigenvalue weighted by Gasteiger charge is -2.03. The van der Waals surface area contributed by atoms with Crippen molar-refractivity contribution in [1.29, 1.82) is 0 Å². The van der Waals surface area contributed by atoms with Gasteiger partial charge in [-0.2, -0.15) is 0 Å². The van der Waals surface area contributed by atoms with Crippen LogP contribution in [0.2, 0.25) is 0 Å². The number of hydrogen-bond donors (Lipinski definition) is 3. The Morgan fingerprint density at radius 3 is 2.80 bits per heavy atom. The first-order chi connectivity index (χ1) is 9.49. The number of rotatable bonds is 8. The topological polar surface area (TPSA) is 119 Å². The van der Waals surface area contributed by atoms with Crippen LogP contribution >= 0.6 is 11.3 Å². The highest BCUT2D eigenvalue weighted by Crippen LogP contribution is 2.17. The zero-order valence-corrected chi connectivity index (χ0v) is 11.3. The summed E-state index contributed by atoms with van der Waals surface area (Å²) in [6.07, 6.45) is 2.42. The predicted octanol–water partition coefficient (Wildman–Crippen LogP) is 0.0776. The second-order valence-corrected chi connectivity index (χ2v) is 4.76. The Morgan fingerprint density at radius 2 is 2.15 bits per heavy atom. The van der Waals surface area contributed by atoms with Crippen molar-refractivity contribution < 1.29 is 24.2 Å². The molecule has 8 heteroatoms. The van der Waals surface area contributed by atoms with Gasteiger partial charge in [-0.1, -0.05) is 0 Å². The van der Waals surface area contributed by atoms with E-state index in [1.54, 1.807) is 12.1 Å². The number of hydrogen-bond acceptors (Lipinski definition) is 5. The molecule has 1 rings (SSSR count). The molecule has 0 bridgehead atoms. The van der Waals surface area contributed by atoms with Crippen molar-refractivity contribution in [3.05, 3.63) is 28.0 Å². The van der Waals surface area contributed by atoms with Crippen LogP contribution in [0.4, 0.5) is 0 Å². The number of carbonyl (C=O) groups is 3. The Kier molecular flexibility index (Phi) is 6.41. The number of carboxylic acids is 1. The van der Waals surface area contributed by atoms with E-state index in [0.717, 1.165) is 6.08 Å². The van der Waals surface area contributed by atoms with Crippen molar-refractivity contribution in [1.82, 2.24) is 5.32 Å². The lowest BCUT2D eigenvalue weighted by molar-refractivity contribution is -0.131. The fourth-order valence-corrected chi connectivity index (χ4v) is 2.04. The molecular weight excluding hydrogens is 284 g/mol. The van der Waals surface area contributed by atoms with E-state index in [-0.39, 0.29) is 25.7 Å². The van der Waals surface area contributed by atoms with Gasteiger partial charge in [0, 0.05) is 17.5 Å². The van der Waals surface area contributed by atoms with Crippen molar-refractivity contribution in [2.75, 3.05) is 19.8 Å². The number of thiophene rings is 1. The van der Waals surface area contributed by atoms with E-state index in [4.69, 9.17) is 15.6 Å². The molecule has 1 aromatic rings. The Labute approximate surface area is 119 Å². The van der Waals surface area contributed by atoms with Crippen molar-refractivity contribution >= 4 is 35.2 Å². The number of carbonyl (C=O) groups excluding carboxylic acids is 2. The molecule has 0 aliphatic heterocycles. The van der Waals surface area contributed by atoms with E-state index in [0.29, 0.717) is 9.75 Å². The van der Waals surface area contributed by atoms with Crippen molar-refractivity contribution in [3.63, 3.8) is 0 Å². The summed E-state index contributed by atoms with van der Waals surface area (Å²) in [5.74, 6) is -1.90. The van der Waals surface area contributed by atoms with Gasteiger partial charge in [0.15, 0.2) is 0 Å². The maximum Gasteiger partial charge on any atom is 0.328 e. The van der Waals surface area contributed by atoms with Crippen LogP contribution in [0.25, 0.3) is 6.08 Å². The van der Waals surface area contributed by atoms with E-state index >= 15 is 0 Å². The number of carboxylic acid groups (broad SMARTS) is 1. The Balaban J connectivity index is 2.36. The summed E-state index contributed by atoms with van der Waals surface area (Å²) in [7, 11) is 0. The van der Waals surface area contributed by atoms with E-state index in [1.165, 1.54) is 17.4 Å². The van der Waals surface area contributed by atoms with Crippen LogP contribution in [0.1, 0.15) is 14.5 Å². The number of ether oxygens (including phenoxy) is 1. The first kappa shape index (κ1) is 15.9. The quantitative estimate of drug-likeness (QED) is 0.464. The van der Waals surface area contributed by atoms with Gasteiger partial charge in [-0.05, 0) is 18.2 Å². The number of aliphatic carboxylic acids is 1. The van der Waals surface area contributed by atoms with Crippen LogP contribution in [0.5, 0.6) is 0 Å². The minimum absolute atomic E-state index is 0.182. The lowest BCUT2D eigenvalue weighted by atomic mass is 10.4. The van der Waals surface area contributed by atoms with Gasteiger partial charge in [-0.3, -0.25) is 9.59 Å². The highest BCUT2D eigenvalue weighted by atomic mass is 32.1. The molecule has 0 radical (unpaired) electrons. The van der Waals surface area contributed by atoms with Gasteiger partial charge in [0.05, 0.1) is 11.5 Å². The first-order valence-corrected chi connectivity index (χ1v) is 6.46. The Bertz CT molecular complexity index is 524. The molecule has 20 heavy (non-hydrogen) atoms. The van der Waals surface area contributed by atoms with Gasteiger partial charge < -0.3 is 20.9 Å². The van der Waals surface area contributed by atoms with Crippen LogP contribution in [0, 0.1) is 0 Å². The molecule has 0 spiro atoms. The molecule has 1 aromatic heterocycles. The summed E-state index contributed by atoms with van der Waals surface area (Å²) >= 11 is 1.17. The van der Waals surface area contributed by atoms with Crippen LogP contribution in [-0.2, 0) is 14.3 Å². The third-order valence-electron chi connectivity index (χ3n) is 2.02. The molecule has 0 aliphatic carbocycles. The van der Waals surface area contributed by atoms with Gasteiger partial charge in [-0.15, -0.1) is 11.3 Å². The third kappa shape index (κ3) is 6.12. The third-order valence-corrected chi connectivity index (χ3v) is 3.07. The molecule has 0 fully saturated rings. The van der Waals surface area contributed by atoms with Crippen molar-refractivity contribution in [2.45, 2.75) is 0 Å². The lowest BCUT2D eigenvalue weighted by Crippen LogP contribution is -2.28. The normalized spacial score (nSPS) is 10.6. The fourth-order valence-electron chi connectivity index (χ4n) is 1.21. The molecule has 0 saturated heterocycles. The maximum atomic E-state index is 11.7. The smallest absolute Gasteiger partial charge is 0.328 e. The Hall–Kier alpha value is -2.19. The molecule has 0 atom stereocenters. The van der Waals surface area contributed by atoms with Gasteiger partial charge in [0.25, 0.3) is 5.91 Å². The highest BCUT2D eigenvalue weighted by Gasteiger charge is 2.07. The average molecular weight is 298 g/mol. The molecule has 0 saturated carbocycles. The second kappa shape index (κ2) is 8.08. The fraction of sp³-hybridized carbons (Fsp3) is 0.250. The molecule has 108 valence electrons. The zero-order chi connectivity index (χ0) is 15.0. The predicted molar refractivity (Wildman–Crippen MR) is 73.3 cm³/mol. The largest absolute Gasteiger partial charge is 0.478 e. The molecule has 2 amide bonds. The Morgan fingerprint density at radius 1 is 1.40 bits per heavy atom. The molecular formula is C12H14N2O5S. The number of nitrogens with one attached hydrogen (secondary N) is 1. The van der Waals surface area contributed by atoms with Gasteiger partial charge in [-0.25, -0.2) is 4.79 Å². The van der Waals surface area contributed by atoms with E-state index in [9.17, 15) is 14.4 Å². The van der Waals surface area contributed by atoms with Gasteiger partial charge in [0.1, 0.15) is 6.61 Å². The summed E-state index contributed by atoms with van der Waals surface area (Å²) in [6, 6.07) is 3.26. The number of amides is 2. The van der Waals surface area contributed by atoms with Crippen LogP contribution in [0.15, 0.2) is 18.2 Å². The minimum Gasteiger partial charge on any atom is -0.478 e. The van der Waals surface area contributed by atoms with Gasteiger partial charge >= 0.3 is 5.97 Å². The molecule has 0 unspecified atom stereocenters. The van der Waals surface area contributed by atoms with E-state index < -0.39 is 11.9 Å². The van der Waals surface area contributed by atoms with E-state index in [2.05, 4.69) is 5.32 Å². The highest BCUT2D eigenvalue weighted by molar-refractivity contribution is 7.14. The zero-order valence-electron chi connectivity index (χ0n) is 10.5. The summed E-state index contributed by atoms with van der Waals surface area (Å²) in [4.78, 5) is 33.6. The van der Waals surface area contributed by atoms with Crippen LogP contribution in [0.3, 0.4) is 0 Å². The second-order valence-electron chi connectivity index (χ2n) is 3.65. The summed E-state index contributed by atoms with van der Waals surface area (Å²) < 4.78 is 4.89. The molecule has 1 heterocycles. The summed E-state index contributed by atoms with van der Waals surface area (Å²) in [5, 5.41) is 11.1. The van der Waals surface area contributed by atoms with Crippen molar-refractivity contribution in [3.8, 4) is 0 Å². The maximum absolute atomic E-state index is 11.7. The minimum atomic E-state index is -1.05. The van der Waals surface area contributed by atoms with Gasteiger partial charge in [0.2, 0.25) is 5.91 Å². The SMILES string of the molecule is NC(=O)COCCNC(=O)c1ccc(/C=C/C(=O)O)s1. The molecule has 4 N–H and O–H groups in total. The number of nitrogens with two attached hydrogens (primary N) is 1. The first-order valence-electron chi connectivity index (χ1n) is 5.64. The summed E-state index contributed by atoms with van der Waals surface area (Å²) in [6.45, 7) is 0.259. The molecule has 0 aromatic carbocycles. The van der Waals surface area contributed by atoms with E-state index in [1.807, 2.05) is 0 Å².